The molecule has 3 heterocycles. The Morgan fingerprint density at radius 1 is 1.04 bits per heavy atom. The fraction of sp³-hybridized carbons (Fsp3) is 0.400. The van der Waals surface area contributed by atoms with Crippen molar-refractivity contribution in [2.75, 3.05) is 37.6 Å². The molecule has 6 rings (SSSR count). The molecule has 1 saturated heterocycles. The molecule has 1 saturated carbocycles. The van der Waals surface area contributed by atoms with Gasteiger partial charge in [-0.15, -0.1) is 0 Å². The highest BCUT2D eigenvalue weighted by Gasteiger charge is 2.22. The Kier molecular flexibility index (Phi) is 15.2. The Morgan fingerprint density at radius 3 is 2.24 bits per heavy atom. The third-order valence-electron chi connectivity index (χ3n) is 8.52. The number of nitriles is 1. The number of nitrogens with zero attached hydrogens (tertiary/aromatic N) is 6. The minimum absolute atomic E-state index is 0.231. The van der Waals surface area contributed by atoms with Crippen LogP contribution in [0.4, 0.5) is 10.2 Å². The number of piperazine rings is 1. The molecule has 0 radical (unpaired) electrons. The number of imidazole rings is 1. The van der Waals surface area contributed by atoms with Crippen LogP contribution < -0.4 is 10.6 Å². The number of primary amides is 1. The summed E-state index contributed by atoms with van der Waals surface area (Å²) in [7, 11) is 2.01. The van der Waals surface area contributed by atoms with Crippen LogP contribution in [0.15, 0.2) is 79.3 Å². The van der Waals surface area contributed by atoms with Crippen LogP contribution in [0.1, 0.15) is 70.7 Å². The zero-order chi connectivity index (χ0) is 35.9. The molecule has 1 aliphatic carbocycles. The average Bonchev–Trinajstić information content (AvgIpc) is 3.80. The largest absolute Gasteiger partial charge is 0.366 e. The van der Waals surface area contributed by atoms with Gasteiger partial charge in [0.15, 0.2) is 0 Å². The van der Waals surface area contributed by atoms with E-state index in [-0.39, 0.29) is 11.7 Å². The second-order valence-electron chi connectivity index (χ2n) is 12.9. The maximum absolute atomic E-state index is 13.3. The molecule has 2 aliphatic rings. The van der Waals surface area contributed by atoms with Gasteiger partial charge in [-0.3, -0.25) is 9.69 Å². The summed E-state index contributed by atoms with van der Waals surface area (Å²) in [5, 5.41) is 8.53. The summed E-state index contributed by atoms with van der Waals surface area (Å²) in [6, 6.07) is 18.3. The smallest absolute Gasteiger partial charge is 0.248 e. The average molecular weight is 666 g/mol. The molecule has 9 heteroatoms. The van der Waals surface area contributed by atoms with Gasteiger partial charge >= 0.3 is 0 Å². The van der Waals surface area contributed by atoms with E-state index in [0.29, 0.717) is 17.0 Å². The number of halogens is 1. The second kappa shape index (κ2) is 19.3. The fourth-order valence-corrected chi connectivity index (χ4v) is 5.26. The van der Waals surface area contributed by atoms with Crippen molar-refractivity contribution in [2.24, 2.45) is 18.7 Å². The molecule has 1 aliphatic heterocycles. The lowest BCUT2D eigenvalue weighted by molar-refractivity contribution is 0.1000. The first-order chi connectivity index (χ1) is 23.4. The van der Waals surface area contributed by atoms with Crippen LogP contribution >= 0.6 is 0 Å². The van der Waals surface area contributed by atoms with Crippen molar-refractivity contribution in [1.82, 2.24) is 19.4 Å². The highest BCUT2D eigenvalue weighted by Crippen LogP contribution is 2.33. The Balaban J connectivity index is 0.000000183. The zero-order valence-corrected chi connectivity index (χ0v) is 30.0. The molecule has 8 nitrogen and oxygen atoms in total. The number of aromatic nitrogens is 3. The monoisotopic (exact) mass is 665 g/mol. The molecule has 0 unspecified atom stereocenters. The minimum Gasteiger partial charge on any atom is -0.366 e. The summed E-state index contributed by atoms with van der Waals surface area (Å²) >= 11 is 0. The SMILES string of the molecule is C=C(C)CN1CCN(c2cccc(C)n2)CC1.CCc1cncn1C.Cc1ccc(C(N)=O)cc1C.N#Cc1ccc(CC2CC2)c(F)c1. The molecule has 2 aromatic carbocycles. The van der Waals surface area contributed by atoms with Crippen molar-refractivity contribution in [3.63, 3.8) is 0 Å². The second-order valence-corrected chi connectivity index (χ2v) is 12.9. The Labute approximate surface area is 292 Å². The maximum Gasteiger partial charge on any atom is 0.248 e. The number of hydrogen-bond donors (Lipinski definition) is 1. The van der Waals surface area contributed by atoms with E-state index in [2.05, 4.69) is 52.3 Å². The van der Waals surface area contributed by atoms with Crippen molar-refractivity contribution < 1.29 is 9.18 Å². The molecule has 0 bridgehead atoms. The molecule has 4 aromatic rings. The normalized spacial score (nSPS) is 13.8. The van der Waals surface area contributed by atoms with E-state index < -0.39 is 0 Å². The summed E-state index contributed by atoms with van der Waals surface area (Å²) in [5.74, 6) is 1.20. The molecule has 1 amide bonds. The first kappa shape index (κ1) is 38.6. The third-order valence-corrected chi connectivity index (χ3v) is 8.52. The van der Waals surface area contributed by atoms with Gasteiger partial charge in [0.05, 0.1) is 18.0 Å². The van der Waals surface area contributed by atoms with E-state index in [1.165, 1.54) is 35.7 Å². The van der Waals surface area contributed by atoms with E-state index in [4.69, 9.17) is 11.0 Å². The Bertz CT molecular complexity index is 1710. The molecule has 2 N–H and O–H groups in total. The van der Waals surface area contributed by atoms with Gasteiger partial charge in [-0.2, -0.15) is 5.26 Å². The van der Waals surface area contributed by atoms with Gasteiger partial charge in [-0.25, -0.2) is 14.4 Å². The highest BCUT2D eigenvalue weighted by atomic mass is 19.1. The third kappa shape index (κ3) is 13.3. The number of amides is 1. The lowest BCUT2D eigenvalue weighted by atomic mass is 10.1. The topological polar surface area (TPSA) is 104 Å². The number of benzene rings is 2. The zero-order valence-electron chi connectivity index (χ0n) is 30.0. The van der Waals surface area contributed by atoms with E-state index in [0.717, 1.165) is 68.2 Å². The Hall–Kier alpha value is -4.81. The van der Waals surface area contributed by atoms with Crippen molar-refractivity contribution in [3.8, 4) is 6.07 Å². The van der Waals surface area contributed by atoms with Crippen LogP contribution in [-0.2, 0) is 19.9 Å². The number of anilines is 1. The summed E-state index contributed by atoms with van der Waals surface area (Å²) < 4.78 is 15.3. The van der Waals surface area contributed by atoms with Gasteiger partial charge < -0.3 is 15.2 Å². The summed E-state index contributed by atoms with van der Waals surface area (Å²) in [4.78, 5) is 24.0. The van der Waals surface area contributed by atoms with Gasteiger partial charge in [0.1, 0.15) is 11.6 Å². The first-order valence-corrected chi connectivity index (χ1v) is 17.0. The number of nitrogens with two attached hydrogens (primary N) is 1. The van der Waals surface area contributed by atoms with Gasteiger partial charge in [-0.1, -0.05) is 37.3 Å². The van der Waals surface area contributed by atoms with Crippen LogP contribution in [0.3, 0.4) is 0 Å². The lowest BCUT2D eigenvalue weighted by Gasteiger charge is -2.35. The first-order valence-electron chi connectivity index (χ1n) is 17.0. The summed E-state index contributed by atoms with van der Waals surface area (Å²) in [5.41, 5.74) is 12.7. The summed E-state index contributed by atoms with van der Waals surface area (Å²) in [6.07, 6.45) is 8.05. The number of carbonyl (C=O) groups is 1. The van der Waals surface area contributed by atoms with Gasteiger partial charge in [0.2, 0.25) is 5.91 Å². The lowest BCUT2D eigenvalue weighted by Crippen LogP contribution is -2.47. The van der Waals surface area contributed by atoms with E-state index in [1.807, 2.05) is 63.1 Å². The fourth-order valence-electron chi connectivity index (χ4n) is 5.26. The molecule has 0 spiro atoms. The van der Waals surface area contributed by atoms with Crippen LogP contribution in [0.5, 0.6) is 0 Å². The van der Waals surface area contributed by atoms with E-state index in [9.17, 15) is 9.18 Å². The highest BCUT2D eigenvalue weighted by molar-refractivity contribution is 5.93. The quantitative estimate of drug-likeness (QED) is 0.211. The molecular weight excluding hydrogens is 613 g/mol. The Morgan fingerprint density at radius 2 is 1.76 bits per heavy atom. The number of hydrogen-bond acceptors (Lipinski definition) is 6. The van der Waals surface area contributed by atoms with Crippen LogP contribution in [0.25, 0.3) is 0 Å². The molecular formula is C40H52FN7O. The standard InChI is InChI=1S/C14H21N3.C11H10FN.C9H11NO.C6H10N2/c1-12(2)11-16-7-9-17(10-8-16)14-6-4-5-13(3)15-14;12-11-6-9(7-13)3-4-10(11)5-8-1-2-8;1-6-3-4-8(9(10)11)5-7(6)2;1-3-6-4-7-5-8(6)2/h4-6H,1,7-11H2,2-3H3;3-4,6,8H,1-2,5H2;3-5H,1-2H3,(H2,10,11);4-5H,3H2,1-2H3. The number of rotatable bonds is 7. The van der Waals surface area contributed by atoms with Crippen molar-refractivity contribution in [1.29, 1.82) is 5.26 Å². The molecule has 2 fully saturated rings. The summed E-state index contributed by atoms with van der Waals surface area (Å²) in [6.45, 7) is 19.5. The van der Waals surface area contributed by atoms with Gasteiger partial charge in [-0.05, 0) is 112 Å². The van der Waals surface area contributed by atoms with Crippen LogP contribution in [-0.4, -0.2) is 58.1 Å². The number of pyridine rings is 1. The molecule has 260 valence electrons. The van der Waals surface area contributed by atoms with Crippen LogP contribution in [0, 0.1) is 43.8 Å². The number of carbonyl (C=O) groups excluding carboxylic acids is 1. The van der Waals surface area contributed by atoms with E-state index in [1.54, 1.807) is 24.3 Å². The van der Waals surface area contributed by atoms with Crippen molar-refractivity contribution in [2.45, 2.75) is 60.3 Å². The predicted molar refractivity (Wildman–Crippen MR) is 197 cm³/mol. The molecule has 2 aromatic heterocycles. The van der Waals surface area contributed by atoms with Gasteiger partial charge in [0.25, 0.3) is 0 Å². The molecule has 49 heavy (non-hydrogen) atoms. The predicted octanol–water partition coefficient (Wildman–Crippen LogP) is 7.12. The minimum atomic E-state index is -0.367. The maximum atomic E-state index is 13.3. The molecule has 0 atom stereocenters. The van der Waals surface area contributed by atoms with Gasteiger partial charge in [0, 0.05) is 62.9 Å². The van der Waals surface area contributed by atoms with Crippen molar-refractivity contribution in [3.05, 3.63) is 124 Å². The van der Waals surface area contributed by atoms with Crippen LogP contribution in [0.2, 0.25) is 0 Å². The van der Waals surface area contributed by atoms with Crippen molar-refractivity contribution >= 4 is 11.7 Å². The number of aryl methyl sites for hydroxylation is 5. The van der Waals surface area contributed by atoms with E-state index >= 15 is 0 Å².